The fourth-order valence-corrected chi connectivity index (χ4v) is 3.08. The summed E-state index contributed by atoms with van der Waals surface area (Å²) in [5.74, 6) is 0.0896. The number of carbonyl (C=O) groups is 2. The molecular weight excluding hydrogens is 304 g/mol. The van der Waals surface area contributed by atoms with Crippen LogP contribution in [-0.4, -0.2) is 40.5 Å². The van der Waals surface area contributed by atoms with Crippen LogP contribution >= 0.6 is 0 Å². The number of ether oxygens (including phenoxy) is 1. The van der Waals surface area contributed by atoms with Gasteiger partial charge in [0.2, 0.25) is 0 Å². The molecule has 0 spiro atoms. The van der Waals surface area contributed by atoms with Crippen LogP contribution in [0.15, 0.2) is 30.3 Å². The second kappa shape index (κ2) is 6.30. The average Bonchev–Trinajstić information content (AvgIpc) is 2.96. The summed E-state index contributed by atoms with van der Waals surface area (Å²) in [4.78, 5) is 29.7. The summed E-state index contributed by atoms with van der Waals surface area (Å²) in [5.41, 5.74) is 1.15. The molecule has 0 saturated carbocycles. The minimum atomic E-state index is -0.492. The van der Waals surface area contributed by atoms with E-state index in [2.05, 4.69) is 4.98 Å². The smallest absolute Gasteiger partial charge is 0.410 e. The molecule has 1 aliphatic rings. The van der Waals surface area contributed by atoms with Gasteiger partial charge in [-0.25, -0.2) is 4.79 Å². The minimum absolute atomic E-state index is 0.0447. The molecule has 0 atom stereocenters. The van der Waals surface area contributed by atoms with Crippen LogP contribution in [0.3, 0.4) is 0 Å². The van der Waals surface area contributed by atoms with Crippen molar-refractivity contribution in [1.82, 2.24) is 9.88 Å². The molecule has 1 fully saturated rings. The van der Waals surface area contributed by atoms with Crippen molar-refractivity contribution in [2.75, 3.05) is 13.1 Å². The molecule has 5 heteroatoms. The van der Waals surface area contributed by atoms with E-state index in [1.165, 1.54) is 0 Å². The van der Waals surface area contributed by atoms with Crippen LogP contribution in [0.1, 0.15) is 44.1 Å². The second-order valence-corrected chi connectivity index (χ2v) is 7.38. The maximum atomic E-state index is 12.7. The summed E-state index contributed by atoms with van der Waals surface area (Å²) in [6.45, 7) is 6.70. The molecule has 0 aliphatic carbocycles. The fourth-order valence-electron chi connectivity index (χ4n) is 3.08. The number of fused-ring (bicyclic) bond motifs is 1. The van der Waals surface area contributed by atoms with Gasteiger partial charge in [-0.1, -0.05) is 18.2 Å². The molecule has 1 aliphatic heterocycles. The third-order valence-corrected chi connectivity index (χ3v) is 4.31. The lowest BCUT2D eigenvalue weighted by molar-refractivity contribution is 0.0182. The third kappa shape index (κ3) is 3.61. The number of hydrogen-bond donors (Lipinski definition) is 1. The van der Waals surface area contributed by atoms with Crippen LogP contribution in [0.25, 0.3) is 10.9 Å². The second-order valence-electron chi connectivity index (χ2n) is 7.38. The summed E-state index contributed by atoms with van der Waals surface area (Å²) < 4.78 is 5.39. The highest BCUT2D eigenvalue weighted by atomic mass is 16.6. The number of amides is 1. The number of piperidine rings is 1. The molecule has 1 saturated heterocycles. The van der Waals surface area contributed by atoms with E-state index in [1.807, 2.05) is 51.1 Å². The predicted molar refractivity (Wildman–Crippen MR) is 93.2 cm³/mol. The Bertz CT molecular complexity index is 716. The molecule has 0 unspecified atom stereocenters. The number of ketones is 1. The van der Waals surface area contributed by atoms with Crippen molar-refractivity contribution in [3.05, 3.63) is 36.0 Å². The van der Waals surface area contributed by atoms with Crippen LogP contribution in [-0.2, 0) is 4.74 Å². The first-order valence-electron chi connectivity index (χ1n) is 8.43. The van der Waals surface area contributed by atoms with E-state index in [0.29, 0.717) is 31.6 Å². The van der Waals surface area contributed by atoms with Gasteiger partial charge in [-0.2, -0.15) is 0 Å². The number of nitrogens with one attached hydrogen (secondary N) is 1. The monoisotopic (exact) mass is 328 g/mol. The van der Waals surface area contributed by atoms with Crippen LogP contribution in [0.5, 0.6) is 0 Å². The summed E-state index contributed by atoms with van der Waals surface area (Å²) in [6.07, 6.45) is 1.06. The Balaban J connectivity index is 1.62. The molecule has 3 rings (SSSR count). The first-order valence-corrected chi connectivity index (χ1v) is 8.43. The molecule has 1 aromatic carbocycles. The lowest BCUT2D eigenvalue weighted by atomic mass is 9.91. The quantitative estimate of drug-likeness (QED) is 0.848. The van der Waals surface area contributed by atoms with E-state index in [4.69, 9.17) is 4.74 Å². The van der Waals surface area contributed by atoms with Crippen molar-refractivity contribution in [2.45, 2.75) is 39.2 Å². The van der Waals surface area contributed by atoms with Crippen molar-refractivity contribution >= 4 is 22.8 Å². The van der Waals surface area contributed by atoms with Crippen molar-refractivity contribution in [2.24, 2.45) is 5.92 Å². The van der Waals surface area contributed by atoms with Crippen molar-refractivity contribution in [3.8, 4) is 0 Å². The molecule has 2 heterocycles. The van der Waals surface area contributed by atoms with Crippen LogP contribution < -0.4 is 0 Å². The third-order valence-electron chi connectivity index (χ3n) is 4.31. The maximum absolute atomic E-state index is 12.7. The number of H-pyrrole nitrogens is 1. The Hall–Kier alpha value is -2.30. The highest BCUT2D eigenvalue weighted by Gasteiger charge is 2.30. The molecule has 1 aromatic heterocycles. The van der Waals surface area contributed by atoms with E-state index < -0.39 is 5.60 Å². The molecular formula is C19H24N2O3. The van der Waals surface area contributed by atoms with Gasteiger partial charge in [0.25, 0.3) is 0 Å². The van der Waals surface area contributed by atoms with Gasteiger partial charge < -0.3 is 14.6 Å². The van der Waals surface area contributed by atoms with E-state index >= 15 is 0 Å². The number of para-hydroxylation sites is 1. The molecule has 2 aromatic rings. The molecule has 24 heavy (non-hydrogen) atoms. The topological polar surface area (TPSA) is 62.4 Å². The van der Waals surface area contributed by atoms with E-state index in [9.17, 15) is 9.59 Å². The molecule has 1 N–H and O–H groups in total. The average molecular weight is 328 g/mol. The number of aromatic amines is 1. The Labute approximate surface area is 142 Å². The lowest BCUT2D eigenvalue weighted by Gasteiger charge is -2.32. The molecule has 128 valence electrons. The van der Waals surface area contributed by atoms with Gasteiger partial charge in [0.05, 0.1) is 5.69 Å². The number of benzene rings is 1. The van der Waals surface area contributed by atoms with Crippen molar-refractivity contribution < 1.29 is 14.3 Å². The van der Waals surface area contributed by atoms with E-state index in [1.54, 1.807) is 4.90 Å². The zero-order valence-corrected chi connectivity index (χ0v) is 14.5. The molecule has 0 bridgehead atoms. The van der Waals surface area contributed by atoms with Gasteiger partial charge in [0.15, 0.2) is 5.78 Å². The van der Waals surface area contributed by atoms with Crippen molar-refractivity contribution in [1.29, 1.82) is 0 Å². The number of hydrogen-bond acceptors (Lipinski definition) is 3. The standard InChI is InChI=1S/C19H24N2O3/c1-19(2,3)24-18(23)21-10-8-13(9-11-21)17(22)16-12-14-6-4-5-7-15(14)20-16/h4-7,12-13,20H,8-11H2,1-3H3. The van der Waals surface area contributed by atoms with Gasteiger partial charge in [-0.3, -0.25) is 4.79 Å². The summed E-state index contributed by atoms with van der Waals surface area (Å²) in [6, 6.07) is 9.79. The number of aromatic nitrogens is 1. The normalized spacial score (nSPS) is 16.4. The predicted octanol–water partition coefficient (Wildman–Crippen LogP) is 4.00. The van der Waals surface area contributed by atoms with E-state index in [-0.39, 0.29) is 17.8 Å². The summed E-state index contributed by atoms with van der Waals surface area (Å²) in [7, 11) is 0. The zero-order valence-electron chi connectivity index (χ0n) is 14.5. The van der Waals surface area contributed by atoms with Gasteiger partial charge >= 0.3 is 6.09 Å². The molecule has 1 amide bonds. The fraction of sp³-hybridized carbons (Fsp3) is 0.474. The van der Waals surface area contributed by atoms with Gasteiger partial charge in [0, 0.05) is 29.9 Å². The highest BCUT2D eigenvalue weighted by molar-refractivity contribution is 6.00. The summed E-state index contributed by atoms with van der Waals surface area (Å²) in [5, 5.41) is 1.05. The zero-order chi connectivity index (χ0) is 17.3. The summed E-state index contributed by atoms with van der Waals surface area (Å²) >= 11 is 0. The Kier molecular flexibility index (Phi) is 4.35. The Morgan fingerprint density at radius 3 is 2.46 bits per heavy atom. The highest BCUT2D eigenvalue weighted by Crippen LogP contribution is 2.24. The molecule has 5 nitrogen and oxygen atoms in total. The SMILES string of the molecule is CC(C)(C)OC(=O)N1CCC(C(=O)c2cc3ccccc3[nH]2)CC1. The first kappa shape index (κ1) is 16.6. The molecule has 0 radical (unpaired) electrons. The lowest BCUT2D eigenvalue weighted by Crippen LogP contribution is -2.43. The van der Waals surface area contributed by atoms with Gasteiger partial charge in [-0.05, 0) is 45.7 Å². The van der Waals surface area contributed by atoms with Crippen LogP contribution in [0.4, 0.5) is 4.79 Å². The van der Waals surface area contributed by atoms with E-state index in [0.717, 1.165) is 10.9 Å². The number of likely N-dealkylation sites (tertiary alicyclic amines) is 1. The minimum Gasteiger partial charge on any atom is -0.444 e. The van der Waals surface area contributed by atoms with Gasteiger partial charge in [0.1, 0.15) is 5.60 Å². The maximum Gasteiger partial charge on any atom is 0.410 e. The number of rotatable bonds is 2. The van der Waals surface area contributed by atoms with Crippen LogP contribution in [0, 0.1) is 5.92 Å². The number of Topliss-reactive ketones (excluding diaryl/α,β-unsaturated/α-hetero) is 1. The van der Waals surface area contributed by atoms with Gasteiger partial charge in [-0.15, -0.1) is 0 Å². The largest absolute Gasteiger partial charge is 0.444 e. The van der Waals surface area contributed by atoms with Crippen LogP contribution in [0.2, 0.25) is 0 Å². The number of nitrogens with zero attached hydrogens (tertiary/aromatic N) is 1. The Morgan fingerprint density at radius 1 is 1.17 bits per heavy atom. The van der Waals surface area contributed by atoms with Crippen molar-refractivity contribution in [3.63, 3.8) is 0 Å². The number of carbonyl (C=O) groups excluding carboxylic acids is 2. The first-order chi connectivity index (χ1) is 11.3. The Morgan fingerprint density at radius 2 is 1.83 bits per heavy atom.